The number of ether oxygens (including phenoxy) is 2. The monoisotopic (exact) mass is 344 g/mol. The molecule has 4 rings (SSSR count). The van der Waals surface area contributed by atoms with E-state index in [1.54, 1.807) is 25.5 Å². The van der Waals surface area contributed by atoms with Gasteiger partial charge in [-0.05, 0) is 31.0 Å². The van der Waals surface area contributed by atoms with Gasteiger partial charge in [0.15, 0.2) is 0 Å². The Morgan fingerprint density at radius 2 is 2.12 bits per heavy atom. The van der Waals surface area contributed by atoms with Crippen LogP contribution < -0.4 is 10.1 Å². The highest BCUT2D eigenvalue weighted by Gasteiger charge is 2.44. The van der Waals surface area contributed by atoms with Crippen LogP contribution in [0.1, 0.15) is 23.2 Å². The Morgan fingerprint density at radius 3 is 2.84 bits per heavy atom. The largest absolute Gasteiger partial charge is 0.496 e. The van der Waals surface area contributed by atoms with Gasteiger partial charge in [0.2, 0.25) is 0 Å². The van der Waals surface area contributed by atoms with Crippen molar-refractivity contribution in [3.63, 3.8) is 0 Å². The van der Waals surface area contributed by atoms with Gasteiger partial charge in [0.25, 0.3) is 5.91 Å². The Morgan fingerprint density at radius 1 is 1.32 bits per heavy atom. The van der Waals surface area contributed by atoms with Crippen LogP contribution in [0.5, 0.6) is 5.75 Å². The van der Waals surface area contributed by atoms with Crippen LogP contribution in [0.15, 0.2) is 28.9 Å². The van der Waals surface area contributed by atoms with E-state index < -0.39 is 0 Å². The maximum Gasteiger partial charge on any atom is 0.251 e. The number of rotatable bonds is 6. The third kappa shape index (κ3) is 3.50. The molecule has 25 heavy (non-hydrogen) atoms. The van der Waals surface area contributed by atoms with Crippen molar-refractivity contribution in [1.29, 1.82) is 0 Å². The normalized spacial score (nSPS) is 19.7. The minimum absolute atomic E-state index is 0.0788. The van der Waals surface area contributed by atoms with Crippen LogP contribution in [-0.4, -0.2) is 57.3 Å². The number of nitrogens with zero attached hydrogens (tertiary/aromatic N) is 1. The maximum absolute atomic E-state index is 12.6. The molecule has 0 radical (unpaired) electrons. The van der Waals surface area contributed by atoms with Crippen molar-refractivity contribution in [2.75, 3.05) is 46.5 Å². The van der Waals surface area contributed by atoms with Gasteiger partial charge in [0, 0.05) is 37.2 Å². The lowest BCUT2D eigenvalue weighted by molar-refractivity contribution is 0.0283. The maximum atomic E-state index is 12.6. The molecule has 1 N–H and O–H groups in total. The topological polar surface area (TPSA) is 63.9 Å². The number of furan rings is 1. The summed E-state index contributed by atoms with van der Waals surface area (Å²) in [5.41, 5.74) is 1.46. The van der Waals surface area contributed by atoms with E-state index in [-0.39, 0.29) is 11.3 Å². The van der Waals surface area contributed by atoms with Crippen LogP contribution in [0.3, 0.4) is 0 Å². The number of hydrogen-bond donors (Lipinski definition) is 1. The van der Waals surface area contributed by atoms with E-state index in [0.29, 0.717) is 23.4 Å². The van der Waals surface area contributed by atoms with E-state index in [9.17, 15) is 4.79 Å². The number of fused-ring (bicyclic) bond motifs is 1. The smallest absolute Gasteiger partial charge is 0.251 e. The van der Waals surface area contributed by atoms with Crippen molar-refractivity contribution < 1.29 is 18.7 Å². The predicted molar refractivity (Wildman–Crippen MR) is 94.0 cm³/mol. The molecule has 0 atom stereocenters. The lowest BCUT2D eigenvalue weighted by Crippen LogP contribution is -2.43. The van der Waals surface area contributed by atoms with Crippen LogP contribution in [0.25, 0.3) is 11.0 Å². The summed E-state index contributed by atoms with van der Waals surface area (Å²) in [6, 6.07) is 5.39. The van der Waals surface area contributed by atoms with Crippen molar-refractivity contribution in [2.45, 2.75) is 12.8 Å². The SMILES string of the molecule is COc1cc(C(=O)NCC2(CN3CCOCC3)CC2)cc2occc12. The van der Waals surface area contributed by atoms with Gasteiger partial charge < -0.3 is 19.2 Å². The summed E-state index contributed by atoms with van der Waals surface area (Å²) in [5, 5.41) is 3.99. The molecule has 0 spiro atoms. The second kappa shape index (κ2) is 6.69. The van der Waals surface area contributed by atoms with Crippen molar-refractivity contribution >= 4 is 16.9 Å². The van der Waals surface area contributed by atoms with Crippen LogP contribution in [0, 0.1) is 5.41 Å². The van der Waals surface area contributed by atoms with E-state index in [1.165, 1.54) is 12.8 Å². The van der Waals surface area contributed by atoms with Crippen molar-refractivity contribution in [3.05, 3.63) is 30.0 Å². The molecule has 1 aromatic carbocycles. The van der Waals surface area contributed by atoms with Crippen LogP contribution >= 0.6 is 0 Å². The summed E-state index contributed by atoms with van der Waals surface area (Å²) < 4.78 is 16.2. The van der Waals surface area contributed by atoms with E-state index in [1.807, 2.05) is 6.07 Å². The van der Waals surface area contributed by atoms with Gasteiger partial charge in [0.1, 0.15) is 11.3 Å². The molecule has 1 saturated carbocycles. The molecular weight excluding hydrogens is 320 g/mol. The zero-order valence-electron chi connectivity index (χ0n) is 14.5. The number of amides is 1. The van der Waals surface area contributed by atoms with Crippen molar-refractivity contribution in [1.82, 2.24) is 10.2 Å². The van der Waals surface area contributed by atoms with Crippen molar-refractivity contribution in [2.24, 2.45) is 5.41 Å². The lowest BCUT2D eigenvalue weighted by Gasteiger charge is -2.30. The fraction of sp³-hybridized carbons (Fsp3) is 0.526. The second-order valence-electron chi connectivity index (χ2n) is 7.08. The van der Waals surface area contributed by atoms with Gasteiger partial charge in [0.05, 0.1) is 32.0 Å². The molecule has 2 heterocycles. The van der Waals surface area contributed by atoms with Gasteiger partial charge >= 0.3 is 0 Å². The number of morpholine rings is 1. The first-order chi connectivity index (χ1) is 12.2. The number of carbonyl (C=O) groups excluding carboxylic acids is 1. The Kier molecular flexibility index (Phi) is 4.39. The second-order valence-corrected chi connectivity index (χ2v) is 7.08. The summed E-state index contributed by atoms with van der Waals surface area (Å²) in [6.45, 7) is 5.35. The summed E-state index contributed by atoms with van der Waals surface area (Å²) >= 11 is 0. The average Bonchev–Trinajstić information content (AvgIpc) is 3.23. The van der Waals surface area contributed by atoms with Crippen molar-refractivity contribution in [3.8, 4) is 5.75 Å². The summed E-state index contributed by atoms with van der Waals surface area (Å²) in [7, 11) is 1.60. The highest BCUT2D eigenvalue weighted by molar-refractivity contribution is 5.99. The minimum Gasteiger partial charge on any atom is -0.496 e. The van der Waals surface area contributed by atoms with E-state index in [0.717, 1.165) is 38.2 Å². The van der Waals surface area contributed by atoms with E-state index in [2.05, 4.69) is 10.2 Å². The quantitative estimate of drug-likeness (QED) is 0.871. The molecule has 1 aliphatic heterocycles. The van der Waals surface area contributed by atoms with Gasteiger partial charge in [-0.3, -0.25) is 9.69 Å². The molecule has 1 aliphatic carbocycles. The number of hydrogen-bond acceptors (Lipinski definition) is 5. The zero-order valence-corrected chi connectivity index (χ0v) is 14.5. The van der Waals surface area contributed by atoms with E-state index in [4.69, 9.17) is 13.9 Å². The molecule has 0 bridgehead atoms. The molecule has 6 nitrogen and oxygen atoms in total. The predicted octanol–water partition coefficient (Wildman–Crippen LogP) is 2.28. The van der Waals surface area contributed by atoms with Crippen LogP contribution in [-0.2, 0) is 4.74 Å². The molecule has 6 heteroatoms. The molecule has 2 aliphatic rings. The fourth-order valence-electron chi connectivity index (χ4n) is 3.51. The Hall–Kier alpha value is -2.05. The highest BCUT2D eigenvalue weighted by Crippen LogP contribution is 2.45. The molecule has 1 amide bonds. The number of benzene rings is 1. The standard InChI is InChI=1S/C19H24N2O4/c1-23-16-10-14(11-17-15(16)2-7-25-17)18(22)20-12-19(3-4-19)13-21-5-8-24-9-6-21/h2,7,10-11H,3-6,8-9,12-13H2,1H3,(H,20,22). The minimum atomic E-state index is -0.0788. The van der Waals surface area contributed by atoms with Gasteiger partial charge in [-0.1, -0.05) is 0 Å². The van der Waals surface area contributed by atoms with Gasteiger partial charge in [-0.2, -0.15) is 0 Å². The van der Waals surface area contributed by atoms with Gasteiger partial charge in [-0.15, -0.1) is 0 Å². The zero-order chi connectivity index (χ0) is 17.3. The molecule has 2 fully saturated rings. The third-order valence-electron chi connectivity index (χ3n) is 5.26. The van der Waals surface area contributed by atoms with Crippen LogP contribution in [0.4, 0.5) is 0 Å². The van der Waals surface area contributed by atoms with Crippen LogP contribution in [0.2, 0.25) is 0 Å². The Labute approximate surface area is 147 Å². The molecule has 1 aromatic heterocycles. The number of nitrogens with one attached hydrogen (secondary N) is 1. The number of methoxy groups -OCH3 is 1. The molecular formula is C19H24N2O4. The Balaban J connectivity index is 1.40. The molecule has 0 unspecified atom stereocenters. The summed E-state index contributed by atoms with van der Waals surface area (Å²) in [4.78, 5) is 15.0. The van der Waals surface area contributed by atoms with E-state index >= 15 is 0 Å². The lowest BCUT2D eigenvalue weighted by atomic mass is 10.1. The Bertz CT molecular complexity index is 760. The highest BCUT2D eigenvalue weighted by atomic mass is 16.5. The molecule has 1 saturated heterocycles. The first-order valence-electron chi connectivity index (χ1n) is 8.83. The fourth-order valence-corrected chi connectivity index (χ4v) is 3.51. The van der Waals surface area contributed by atoms with Gasteiger partial charge in [-0.25, -0.2) is 0 Å². The summed E-state index contributed by atoms with van der Waals surface area (Å²) in [5.74, 6) is 0.579. The average molecular weight is 344 g/mol. The third-order valence-corrected chi connectivity index (χ3v) is 5.26. The first kappa shape index (κ1) is 16.4. The summed E-state index contributed by atoms with van der Waals surface area (Å²) in [6.07, 6.45) is 3.95. The molecule has 2 aromatic rings. The first-order valence-corrected chi connectivity index (χ1v) is 8.83. The number of carbonyl (C=O) groups is 1. The molecule has 134 valence electrons.